The molecule has 1 aliphatic carbocycles. The number of rotatable bonds is 4. The average molecular weight is 310 g/mol. The Hall–Kier alpha value is -0.610. The second kappa shape index (κ2) is 6.48. The summed E-state index contributed by atoms with van der Waals surface area (Å²) < 4.78 is 0. The molecule has 2 atom stereocenters. The van der Waals surface area contributed by atoms with Crippen LogP contribution in [0.1, 0.15) is 66.7 Å². The van der Waals surface area contributed by atoms with Crippen molar-refractivity contribution in [3.05, 3.63) is 0 Å². The van der Waals surface area contributed by atoms with Crippen LogP contribution in [-0.4, -0.2) is 47.2 Å². The number of carbonyl (C=O) groups is 1. The van der Waals surface area contributed by atoms with Crippen molar-refractivity contribution in [1.29, 1.82) is 0 Å². The standard InChI is InChI=1S/C18H34N2O2/c1-13(21)18(4,5)16(22)20(15-8-11-19-12-15)14-6-9-17(2,3)10-7-14/h13-15,19,21H,6-12H2,1-5H3/t13?,15-/m0/s1. The summed E-state index contributed by atoms with van der Waals surface area (Å²) in [6.45, 7) is 12.0. The van der Waals surface area contributed by atoms with E-state index >= 15 is 0 Å². The topological polar surface area (TPSA) is 52.6 Å². The molecular weight excluding hydrogens is 276 g/mol. The molecule has 1 unspecified atom stereocenters. The highest BCUT2D eigenvalue weighted by molar-refractivity contribution is 5.83. The van der Waals surface area contributed by atoms with E-state index in [1.165, 1.54) is 12.8 Å². The summed E-state index contributed by atoms with van der Waals surface area (Å²) >= 11 is 0. The van der Waals surface area contributed by atoms with Crippen LogP contribution in [0.15, 0.2) is 0 Å². The summed E-state index contributed by atoms with van der Waals surface area (Å²) in [7, 11) is 0. The van der Waals surface area contributed by atoms with Crippen LogP contribution in [0.3, 0.4) is 0 Å². The van der Waals surface area contributed by atoms with Crippen LogP contribution in [0.25, 0.3) is 0 Å². The van der Waals surface area contributed by atoms with E-state index in [2.05, 4.69) is 24.1 Å². The number of aliphatic hydroxyl groups excluding tert-OH is 1. The largest absolute Gasteiger partial charge is 0.392 e. The number of nitrogens with one attached hydrogen (secondary N) is 1. The monoisotopic (exact) mass is 310 g/mol. The van der Waals surface area contributed by atoms with Gasteiger partial charge in [0.2, 0.25) is 5.91 Å². The molecule has 4 heteroatoms. The molecule has 1 aliphatic heterocycles. The SMILES string of the molecule is CC(O)C(C)(C)C(=O)N(C1CCC(C)(C)CC1)[C@H]1CCNC1. The predicted molar refractivity (Wildman–Crippen MR) is 89.6 cm³/mol. The van der Waals surface area contributed by atoms with Crippen molar-refractivity contribution < 1.29 is 9.90 Å². The van der Waals surface area contributed by atoms with Gasteiger partial charge in [-0.1, -0.05) is 13.8 Å². The average Bonchev–Trinajstić information content (AvgIpc) is 2.94. The van der Waals surface area contributed by atoms with E-state index in [1.54, 1.807) is 6.92 Å². The lowest BCUT2D eigenvalue weighted by atomic mass is 9.74. The highest BCUT2D eigenvalue weighted by Crippen LogP contribution is 2.39. The minimum Gasteiger partial charge on any atom is -0.392 e. The molecule has 1 amide bonds. The maximum absolute atomic E-state index is 13.2. The van der Waals surface area contributed by atoms with Crippen LogP contribution in [-0.2, 0) is 4.79 Å². The summed E-state index contributed by atoms with van der Waals surface area (Å²) in [5.74, 6) is 0.126. The van der Waals surface area contributed by atoms with Gasteiger partial charge in [-0.25, -0.2) is 0 Å². The van der Waals surface area contributed by atoms with Crippen LogP contribution in [0.2, 0.25) is 0 Å². The molecular formula is C18H34N2O2. The fourth-order valence-corrected chi connectivity index (χ4v) is 3.68. The molecule has 4 nitrogen and oxygen atoms in total. The molecule has 1 heterocycles. The van der Waals surface area contributed by atoms with Crippen molar-refractivity contribution in [2.75, 3.05) is 13.1 Å². The van der Waals surface area contributed by atoms with Crippen LogP contribution < -0.4 is 5.32 Å². The number of amides is 1. The Morgan fingerprint density at radius 1 is 1.23 bits per heavy atom. The minimum atomic E-state index is -0.713. The van der Waals surface area contributed by atoms with E-state index < -0.39 is 11.5 Å². The molecule has 22 heavy (non-hydrogen) atoms. The minimum absolute atomic E-state index is 0.126. The van der Waals surface area contributed by atoms with Crippen LogP contribution >= 0.6 is 0 Å². The quantitative estimate of drug-likeness (QED) is 0.839. The van der Waals surface area contributed by atoms with Gasteiger partial charge >= 0.3 is 0 Å². The summed E-state index contributed by atoms with van der Waals surface area (Å²) in [6.07, 6.45) is 4.93. The first kappa shape index (κ1) is 17.7. The van der Waals surface area contributed by atoms with Gasteiger partial charge in [0, 0.05) is 18.6 Å². The van der Waals surface area contributed by atoms with Gasteiger partial charge in [0.15, 0.2) is 0 Å². The van der Waals surface area contributed by atoms with Crippen molar-refractivity contribution in [2.45, 2.75) is 84.9 Å². The molecule has 0 bridgehead atoms. The highest BCUT2D eigenvalue weighted by atomic mass is 16.3. The van der Waals surface area contributed by atoms with Gasteiger partial charge < -0.3 is 15.3 Å². The lowest BCUT2D eigenvalue weighted by Crippen LogP contribution is -2.56. The summed E-state index contributed by atoms with van der Waals surface area (Å²) in [5.41, 5.74) is -0.311. The Morgan fingerprint density at radius 2 is 1.82 bits per heavy atom. The molecule has 128 valence electrons. The number of aliphatic hydroxyl groups is 1. The number of nitrogens with zero attached hydrogens (tertiary/aromatic N) is 1. The Bertz CT molecular complexity index is 388. The summed E-state index contributed by atoms with van der Waals surface area (Å²) in [6, 6.07) is 0.625. The third kappa shape index (κ3) is 3.65. The normalized spacial score (nSPS) is 27.6. The molecule has 0 spiro atoms. The van der Waals surface area contributed by atoms with Crippen molar-refractivity contribution in [3.8, 4) is 0 Å². The number of hydrogen-bond donors (Lipinski definition) is 2. The second-order valence-electron chi connectivity index (χ2n) is 8.65. The number of hydrogen-bond acceptors (Lipinski definition) is 3. The van der Waals surface area contributed by atoms with Crippen LogP contribution in [0.5, 0.6) is 0 Å². The lowest BCUT2D eigenvalue weighted by molar-refractivity contribution is -0.152. The smallest absolute Gasteiger partial charge is 0.231 e. The Morgan fingerprint density at radius 3 is 2.27 bits per heavy atom. The van der Waals surface area contributed by atoms with Gasteiger partial charge in [0.25, 0.3) is 0 Å². The maximum atomic E-state index is 13.2. The molecule has 0 aromatic heterocycles. The fourth-order valence-electron chi connectivity index (χ4n) is 3.68. The third-order valence-electron chi connectivity index (χ3n) is 5.96. The summed E-state index contributed by atoms with van der Waals surface area (Å²) in [4.78, 5) is 15.3. The van der Waals surface area contributed by atoms with Crippen molar-refractivity contribution in [1.82, 2.24) is 10.2 Å². The van der Waals surface area contributed by atoms with Gasteiger partial charge in [-0.3, -0.25) is 4.79 Å². The fraction of sp³-hybridized carbons (Fsp3) is 0.944. The zero-order valence-electron chi connectivity index (χ0n) is 15.0. The zero-order valence-corrected chi connectivity index (χ0v) is 15.0. The van der Waals surface area contributed by atoms with E-state index in [0.717, 1.165) is 32.4 Å². The Balaban J connectivity index is 2.18. The molecule has 2 fully saturated rings. The van der Waals surface area contributed by atoms with Gasteiger partial charge in [-0.15, -0.1) is 0 Å². The van der Waals surface area contributed by atoms with Crippen molar-refractivity contribution in [2.24, 2.45) is 10.8 Å². The second-order valence-corrected chi connectivity index (χ2v) is 8.65. The first-order valence-corrected chi connectivity index (χ1v) is 8.87. The predicted octanol–water partition coefficient (Wildman–Crippen LogP) is 2.55. The highest BCUT2D eigenvalue weighted by Gasteiger charge is 2.43. The molecule has 0 aromatic carbocycles. The van der Waals surface area contributed by atoms with E-state index in [4.69, 9.17) is 0 Å². The van der Waals surface area contributed by atoms with E-state index in [-0.39, 0.29) is 11.9 Å². The molecule has 0 aromatic rings. The Kier molecular flexibility index (Phi) is 5.23. The van der Waals surface area contributed by atoms with Gasteiger partial charge in [0.05, 0.1) is 11.5 Å². The van der Waals surface area contributed by atoms with Crippen molar-refractivity contribution >= 4 is 5.91 Å². The molecule has 2 N–H and O–H groups in total. The van der Waals surface area contributed by atoms with E-state index in [1.807, 2.05) is 13.8 Å². The Labute approximate surface area is 135 Å². The summed E-state index contributed by atoms with van der Waals surface area (Å²) in [5, 5.41) is 13.4. The maximum Gasteiger partial charge on any atom is 0.231 e. The molecule has 1 saturated carbocycles. The van der Waals surface area contributed by atoms with Gasteiger partial charge in [-0.05, 0) is 64.8 Å². The lowest BCUT2D eigenvalue weighted by Gasteiger charge is -2.45. The number of carbonyl (C=O) groups excluding carboxylic acids is 1. The van der Waals surface area contributed by atoms with E-state index in [9.17, 15) is 9.90 Å². The van der Waals surface area contributed by atoms with Crippen molar-refractivity contribution in [3.63, 3.8) is 0 Å². The van der Waals surface area contributed by atoms with E-state index in [0.29, 0.717) is 11.5 Å². The molecule has 0 radical (unpaired) electrons. The van der Waals surface area contributed by atoms with Gasteiger partial charge in [-0.2, -0.15) is 0 Å². The zero-order chi connectivity index (χ0) is 16.5. The molecule has 2 rings (SSSR count). The van der Waals surface area contributed by atoms with Crippen LogP contribution in [0.4, 0.5) is 0 Å². The van der Waals surface area contributed by atoms with Crippen LogP contribution in [0, 0.1) is 10.8 Å². The molecule has 1 saturated heterocycles. The first-order valence-electron chi connectivity index (χ1n) is 8.87. The molecule has 2 aliphatic rings. The first-order chi connectivity index (χ1) is 10.1. The van der Waals surface area contributed by atoms with Gasteiger partial charge in [0.1, 0.15) is 0 Å². The third-order valence-corrected chi connectivity index (χ3v) is 5.96.